The van der Waals surface area contributed by atoms with Crippen molar-refractivity contribution in [3.8, 4) is 0 Å². The minimum Gasteiger partial charge on any atom is -0.312 e. The maximum absolute atomic E-state index is 13.2. The topological polar surface area (TPSA) is 57.7 Å². The van der Waals surface area contributed by atoms with Crippen LogP contribution in [0.1, 0.15) is 38.2 Å². The molecule has 1 aliphatic rings. The molecule has 5 nitrogen and oxygen atoms in total. The lowest BCUT2D eigenvalue weighted by molar-refractivity contribution is -0.123. The van der Waals surface area contributed by atoms with Gasteiger partial charge in [-0.05, 0) is 43.0 Å². The molecule has 0 saturated carbocycles. The van der Waals surface area contributed by atoms with Crippen LogP contribution in [0.3, 0.4) is 0 Å². The SMILES string of the molecule is CCCCN(C(=O)C1CCN(S(=O)(=O)/C=C/c2ccccc2)CC1)c1ccccc1. The first-order valence-corrected chi connectivity index (χ1v) is 12.1. The van der Waals surface area contributed by atoms with Gasteiger partial charge in [-0.2, -0.15) is 4.31 Å². The summed E-state index contributed by atoms with van der Waals surface area (Å²) in [6.07, 6.45) is 4.67. The van der Waals surface area contributed by atoms with Crippen LogP contribution in [0.15, 0.2) is 66.1 Å². The summed E-state index contributed by atoms with van der Waals surface area (Å²) in [4.78, 5) is 15.1. The third kappa shape index (κ3) is 5.80. The van der Waals surface area contributed by atoms with E-state index in [9.17, 15) is 13.2 Å². The fourth-order valence-electron chi connectivity index (χ4n) is 3.68. The van der Waals surface area contributed by atoms with Crippen LogP contribution in [0.25, 0.3) is 6.08 Å². The zero-order valence-electron chi connectivity index (χ0n) is 17.5. The summed E-state index contributed by atoms with van der Waals surface area (Å²) in [7, 11) is -3.49. The van der Waals surface area contributed by atoms with Gasteiger partial charge < -0.3 is 4.90 Å². The molecular weight excluding hydrogens is 396 g/mol. The molecule has 3 rings (SSSR count). The second kappa shape index (κ2) is 10.5. The number of rotatable bonds is 8. The lowest BCUT2D eigenvalue weighted by Crippen LogP contribution is -2.44. The quantitative estimate of drug-likeness (QED) is 0.623. The first-order chi connectivity index (χ1) is 14.5. The Morgan fingerprint density at radius 3 is 2.23 bits per heavy atom. The number of amides is 1. The molecule has 0 N–H and O–H groups in total. The number of hydrogen-bond acceptors (Lipinski definition) is 3. The van der Waals surface area contributed by atoms with Gasteiger partial charge in [-0.25, -0.2) is 8.42 Å². The van der Waals surface area contributed by atoms with Crippen LogP contribution in [-0.2, 0) is 14.8 Å². The van der Waals surface area contributed by atoms with Gasteiger partial charge in [0, 0.05) is 36.6 Å². The van der Waals surface area contributed by atoms with E-state index in [1.165, 1.54) is 9.71 Å². The van der Waals surface area contributed by atoms with E-state index in [0.717, 1.165) is 24.1 Å². The number of anilines is 1. The standard InChI is InChI=1S/C24H30N2O3S/c1-2-3-17-26(23-12-8-5-9-13-23)24(27)22-14-18-25(19-15-22)30(28,29)20-16-21-10-6-4-7-11-21/h4-13,16,20,22H,2-3,14-15,17-19H2,1H3/b20-16+. The van der Waals surface area contributed by atoms with Crippen LogP contribution in [0.4, 0.5) is 5.69 Å². The lowest BCUT2D eigenvalue weighted by Gasteiger charge is -2.33. The van der Waals surface area contributed by atoms with Crippen LogP contribution < -0.4 is 4.90 Å². The Kier molecular flexibility index (Phi) is 7.82. The number of hydrogen-bond donors (Lipinski definition) is 0. The molecule has 160 valence electrons. The third-order valence-electron chi connectivity index (χ3n) is 5.46. The number of sulfonamides is 1. The molecule has 30 heavy (non-hydrogen) atoms. The van der Waals surface area contributed by atoms with Crippen molar-refractivity contribution in [1.29, 1.82) is 0 Å². The Morgan fingerprint density at radius 2 is 1.63 bits per heavy atom. The Labute approximate surface area is 180 Å². The molecule has 1 saturated heterocycles. The molecule has 6 heteroatoms. The second-order valence-corrected chi connectivity index (χ2v) is 9.43. The highest BCUT2D eigenvalue weighted by Gasteiger charge is 2.32. The highest BCUT2D eigenvalue weighted by Crippen LogP contribution is 2.25. The van der Waals surface area contributed by atoms with Crippen LogP contribution in [0.5, 0.6) is 0 Å². The summed E-state index contributed by atoms with van der Waals surface area (Å²) in [6, 6.07) is 19.1. The summed E-state index contributed by atoms with van der Waals surface area (Å²) < 4.78 is 26.8. The average molecular weight is 427 g/mol. The Bertz CT molecular complexity index is 935. The summed E-state index contributed by atoms with van der Waals surface area (Å²) in [5, 5.41) is 1.27. The minimum absolute atomic E-state index is 0.103. The van der Waals surface area contributed by atoms with E-state index in [2.05, 4.69) is 6.92 Å². The van der Waals surface area contributed by atoms with Crippen molar-refractivity contribution < 1.29 is 13.2 Å². The molecule has 0 unspecified atom stereocenters. The van der Waals surface area contributed by atoms with Gasteiger partial charge in [0.1, 0.15) is 0 Å². The smallest absolute Gasteiger partial charge is 0.236 e. The van der Waals surface area contributed by atoms with E-state index in [-0.39, 0.29) is 11.8 Å². The number of carbonyl (C=O) groups is 1. The number of para-hydroxylation sites is 1. The van der Waals surface area contributed by atoms with Gasteiger partial charge in [-0.15, -0.1) is 0 Å². The van der Waals surface area contributed by atoms with Crippen molar-refractivity contribution in [2.75, 3.05) is 24.5 Å². The molecule has 0 atom stereocenters. The zero-order valence-corrected chi connectivity index (χ0v) is 18.3. The predicted molar refractivity (Wildman–Crippen MR) is 122 cm³/mol. The maximum Gasteiger partial charge on any atom is 0.236 e. The zero-order chi connectivity index (χ0) is 21.4. The van der Waals surface area contributed by atoms with Gasteiger partial charge >= 0.3 is 0 Å². The Balaban J connectivity index is 1.63. The van der Waals surface area contributed by atoms with Crippen LogP contribution in [0.2, 0.25) is 0 Å². The summed E-state index contributed by atoms with van der Waals surface area (Å²) in [5.41, 5.74) is 1.76. The van der Waals surface area contributed by atoms with Crippen molar-refractivity contribution in [3.05, 3.63) is 71.6 Å². The minimum atomic E-state index is -3.49. The predicted octanol–water partition coefficient (Wildman–Crippen LogP) is 4.53. The summed E-state index contributed by atoms with van der Waals surface area (Å²) in [5.74, 6) is -0.0434. The number of benzene rings is 2. The molecule has 0 bridgehead atoms. The molecule has 0 aromatic heterocycles. The number of carbonyl (C=O) groups excluding carboxylic acids is 1. The highest BCUT2D eigenvalue weighted by molar-refractivity contribution is 7.92. The first-order valence-electron chi connectivity index (χ1n) is 10.6. The second-order valence-electron chi connectivity index (χ2n) is 7.61. The molecule has 0 radical (unpaired) electrons. The van der Waals surface area contributed by atoms with Gasteiger partial charge in [-0.1, -0.05) is 61.9 Å². The van der Waals surface area contributed by atoms with Crippen LogP contribution >= 0.6 is 0 Å². The van der Waals surface area contributed by atoms with Gasteiger partial charge in [0.25, 0.3) is 0 Å². The molecule has 1 amide bonds. The Morgan fingerprint density at radius 1 is 1.03 bits per heavy atom. The lowest BCUT2D eigenvalue weighted by atomic mass is 9.96. The average Bonchev–Trinajstić information content (AvgIpc) is 2.79. The number of piperidine rings is 1. The molecule has 0 spiro atoms. The van der Waals surface area contributed by atoms with Crippen molar-refractivity contribution in [2.45, 2.75) is 32.6 Å². The van der Waals surface area contributed by atoms with E-state index < -0.39 is 10.0 Å². The van der Waals surface area contributed by atoms with Crippen LogP contribution in [0, 0.1) is 5.92 Å². The largest absolute Gasteiger partial charge is 0.312 e. The molecule has 1 aliphatic heterocycles. The van der Waals surface area contributed by atoms with E-state index >= 15 is 0 Å². The van der Waals surface area contributed by atoms with E-state index in [1.54, 1.807) is 6.08 Å². The summed E-state index contributed by atoms with van der Waals surface area (Å²) in [6.45, 7) is 3.54. The highest BCUT2D eigenvalue weighted by atomic mass is 32.2. The normalized spacial score (nSPS) is 16.0. The fourth-order valence-corrected chi connectivity index (χ4v) is 4.90. The van der Waals surface area contributed by atoms with Gasteiger partial charge in [0.15, 0.2) is 0 Å². The van der Waals surface area contributed by atoms with Crippen molar-refractivity contribution in [1.82, 2.24) is 4.31 Å². The van der Waals surface area contributed by atoms with Crippen molar-refractivity contribution >= 4 is 27.7 Å². The Hall–Kier alpha value is -2.44. The maximum atomic E-state index is 13.2. The molecule has 0 aliphatic carbocycles. The first kappa shape index (κ1) is 22.2. The molecular formula is C24H30N2O3S. The van der Waals surface area contributed by atoms with Crippen molar-refractivity contribution in [2.24, 2.45) is 5.92 Å². The van der Waals surface area contributed by atoms with E-state index in [4.69, 9.17) is 0 Å². The molecule has 2 aromatic carbocycles. The van der Waals surface area contributed by atoms with Gasteiger partial charge in [-0.3, -0.25) is 4.79 Å². The van der Waals surface area contributed by atoms with Gasteiger partial charge in [0.2, 0.25) is 15.9 Å². The monoisotopic (exact) mass is 426 g/mol. The fraction of sp³-hybridized carbons (Fsp3) is 0.375. The van der Waals surface area contributed by atoms with Gasteiger partial charge in [0.05, 0.1) is 0 Å². The molecule has 1 fully saturated rings. The van der Waals surface area contributed by atoms with Crippen LogP contribution in [-0.4, -0.2) is 38.3 Å². The van der Waals surface area contributed by atoms with Crippen molar-refractivity contribution in [3.63, 3.8) is 0 Å². The third-order valence-corrected chi connectivity index (χ3v) is 7.03. The number of unbranched alkanes of at least 4 members (excludes halogenated alkanes) is 1. The summed E-state index contributed by atoms with van der Waals surface area (Å²) >= 11 is 0. The number of nitrogens with zero attached hydrogens (tertiary/aromatic N) is 2. The van der Waals surface area contributed by atoms with E-state index in [0.29, 0.717) is 32.5 Å². The molecule has 1 heterocycles. The molecule has 2 aromatic rings. The van der Waals surface area contributed by atoms with E-state index in [1.807, 2.05) is 65.6 Å².